The highest BCUT2D eigenvalue weighted by Gasteiger charge is 2.19. The minimum Gasteiger partial charge on any atom is -0.494 e. The van der Waals surface area contributed by atoms with Gasteiger partial charge in [0.05, 0.1) is 7.11 Å². The van der Waals surface area contributed by atoms with Gasteiger partial charge in [-0.2, -0.15) is 0 Å². The molecule has 0 amide bonds. The maximum atomic E-state index is 11.4. The third-order valence-electron chi connectivity index (χ3n) is 3.64. The Hall–Kier alpha value is -1.90. The van der Waals surface area contributed by atoms with Gasteiger partial charge in [-0.05, 0) is 37.3 Å². The number of pyridine rings is 1. The molecule has 0 spiro atoms. The Morgan fingerprint density at radius 2 is 2.11 bits per heavy atom. The third-order valence-corrected chi connectivity index (χ3v) is 3.64. The van der Waals surface area contributed by atoms with Gasteiger partial charge in [0.25, 0.3) is 0 Å². The first-order valence-electron chi connectivity index (χ1n) is 6.29. The first-order valence-corrected chi connectivity index (χ1v) is 6.29. The lowest BCUT2D eigenvalue weighted by atomic mass is 9.90. The quantitative estimate of drug-likeness (QED) is 0.759. The van der Waals surface area contributed by atoms with Gasteiger partial charge in [0, 0.05) is 16.6 Å². The highest BCUT2D eigenvalue weighted by Crippen LogP contribution is 2.32. The molecular weight excluding hydrogens is 226 g/mol. The second kappa shape index (κ2) is 4.41. The lowest BCUT2D eigenvalue weighted by molar-refractivity contribution is 0.112. The van der Waals surface area contributed by atoms with E-state index < -0.39 is 0 Å². The largest absolute Gasteiger partial charge is 0.494 e. The fourth-order valence-corrected chi connectivity index (χ4v) is 2.75. The van der Waals surface area contributed by atoms with E-state index in [1.165, 1.54) is 0 Å². The Labute approximate surface area is 106 Å². The minimum atomic E-state index is 0.740. The standard InChI is InChI=1S/C15H15NO2/c1-18-14-8-4-6-11-12(9-17)10-5-2-3-7-13(10)16-15(11)14/h4,6,8-9H,2-3,5,7H2,1H3. The number of benzene rings is 1. The molecular formula is C15H15NO2. The summed E-state index contributed by atoms with van der Waals surface area (Å²) in [5, 5.41) is 0.907. The SMILES string of the molecule is COc1cccc2c(C=O)c3c(nc12)CCCC3. The molecule has 92 valence electrons. The van der Waals surface area contributed by atoms with Crippen LogP contribution in [-0.2, 0) is 12.8 Å². The molecule has 0 N–H and O–H groups in total. The average Bonchev–Trinajstić information content (AvgIpc) is 2.44. The van der Waals surface area contributed by atoms with E-state index in [4.69, 9.17) is 9.72 Å². The number of carbonyl (C=O) groups excluding carboxylic acids is 1. The fourth-order valence-electron chi connectivity index (χ4n) is 2.75. The number of aryl methyl sites for hydroxylation is 1. The van der Waals surface area contributed by atoms with Crippen LogP contribution in [0.3, 0.4) is 0 Å². The molecule has 0 fully saturated rings. The maximum absolute atomic E-state index is 11.4. The third kappa shape index (κ3) is 1.58. The number of hydrogen-bond donors (Lipinski definition) is 0. The van der Waals surface area contributed by atoms with Crippen molar-refractivity contribution in [1.82, 2.24) is 4.98 Å². The smallest absolute Gasteiger partial charge is 0.151 e. The zero-order chi connectivity index (χ0) is 12.5. The molecule has 1 aliphatic carbocycles. The summed E-state index contributed by atoms with van der Waals surface area (Å²) >= 11 is 0. The van der Waals surface area contributed by atoms with Crippen LogP contribution < -0.4 is 4.74 Å². The second-order valence-electron chi connectivity index (χ2n) is 4.63. The van der Waals surface area contributed by atoms with Gasteiger partial charge in [0.1, 0.15) is 11.3 Å². The van der Waals surface area contributed by atoms with Crippen molar-refractivity contribution in [3.05, 3.63) is 35.0 Å². The Bertz CT molecular complexity index is 619. The maximum Gasteiger partial charge on any atom is 0.151 e. The van der Waals surface area contributed by atoms with Gasteiger partial charge < -0.3 is 4.74 Å². The van der Waals surface area contributed by atoms with Gasteiger partial charge in [0.2, 0.25) is 0 Å². The number of hydrogen-bond acceptors (Lipinski definition) is 3. The van der Waals surface area contributed by atoms with Crippen molar-refractivity contribution in [2.24, 2.45) is 0 Å². The molecule has 3 nitrogen and oxygen atoms in total. The molecule has 1 aromatic carbocycles. The van der Waals surface area contributed by atoms with E-state index >= 15 is 0 Å². The Morgan fingerprint density at radius 3 is 2.89 bits per heavy atom. The van der Waals surface area contributed by atoms with E-state index in [1.54, 1.807) is 7.11 Å². The number of para-hydroxylation sites is 1. The van der Waals surface area contributed by atoms with Crippen LogP contribution in [0.2, 0.25) is 0 Å². The number of aromatic nitrogens is 1. The monoisotopic (exact) mass is 241 g/mol. The van der Waals surface area contributed by atoms with Crippen molar-refractivity contribution in [2.75, 3.05) is 7.11 Å². The van der Waals surface area contributed by atoms with Crippen LogP contribution in [-0.4, -0.2) is 18.4 Å². The molecule has 3 heteroatoms. The molecule has 0 saturated carbocycles. The van der Waals surface area contributed by atoms with Crippen molar-refractivity contribution < 1.29 is 9.53 Å². The van der Waals surface area contributed by atoms with Crippen LogP contribution in [0.5, 0.6) is 5.75 Å². The van der Waals surface area contributed by atoms with Crippen LogP contribution in [0.15, 0.2) is 18.2 Å². The summed E-state index contributed by atoms with van der Waals surface area (Å²) in [6.07, 6.45) is 5.19. The second-order valence-corrected chi connectivity index (χ2v) is 4.63. The molecule has 3 rings (SSSR count). The highest BCUT2D eigenvalue weighted by molar-refractivity contribution is 6.00. The van der Waals surface area contributed by atoms with Gasteiger partial charge in [-0.25, -0.2) is 4.98 Å². The van der Waals surface area contributed by atoms with Crippen LogP contribution in [0.4, 0.5) is 0 Å². The van der Waals surface area contributed by atoms with Gasteiger partial charge >= 0.3 is 0 Å². The molecule has 1 aliphatic rings. The summed E-state index contributed by atoms with van der Waals surface area (Å²) in [5.74, 6) is 0.740. The normalized spacial score (nSPS) is 14.3. The first-order chi connectivity index (χ1) is 8.85. The number of rotatable bonds is 2. The number of aldehydes is 1. The van der Waals surface area contributed by atoms with Crippen LogP contribution >= 0.6 is 0 Å². The summed E-state index contributed by atoms with van der Waals surface area (Å²) < 4.78 is 5.34. The van der Waals surface area contributed by atoms with E-state index in [2.05, 4.69) is 0 Å². The Morgan fingerprint density at radius 1 is 1.28 bits per heavy atom. The molecule has 0 radical (unpaired) electrons. The van der Waals surface area contributed by atoms with E-state index in [-0.39, 0.29) is 0 Å². The van der Waals surface area contributed by atoms with Gasteiger partial charge in [-0.3, -0.25) is 4.79 Å². The van der Waals surface area contributed by atoms with E-state index in [0.29, 0.717) is 0 Å². The van der Waals surface area contributed by atoms with Crippen LogP contribution in [0.25, 0.3) is 10.9 Å². The Balaban J connectivity index is 2.39. The molecule has 0 saturated heterocycles. The fraction of sp³-hybridized carbons (Fsp3) is 0.333. The first kappa shape index (κ1) is 11.2. The van der Waals surface area contributed by atoms with Crippen molar-refractivity contribution >= 4 is 17.2 Å². The van der Waals surface area contributed by atoms with Crippen LogP contribution in [0, 0.1) is 0 Å². The van der Waals surface area contributed by atoms with Crippen molar-refractivity contribution in [2.45, 2.75) is 25.7 Å². The minimum absolute atomic E-state index is 0.740. The zero-order valence-corrected chi connectivity index (χ0v) is 10.4. The number of ether oxygens (including phenoxy) is 1. The molecule has 1 aromatic heterocycles. The van der Waals surface area contributed by atoms with E-state index in [1.807, 2.05) is 18.2 Å². The topological polar surface area (TPSA) is 39.2 Å². The zero-order valence-electron chi connectivity index (χ0n) is 10.4. The van der Waals surface area contributed by atoms with Crippen molar-refractivity contribution in [3.8, 4) is 5.75 Å². The summed E-state index contributed by atoms with van der Waals surface area (Å²) in [6, 6.07) is 5.74. The molecule has 0 unspecified atom stereocenters. The molecule has 0 bridgehead atoms. The molecule has 2 aromatic rings. The molecule has 0 aliphatic heterocycles. The van der Waals surface area contributed by atoms with Crippen molar-refractivity contribution in [3.63, 3.8) is 0 Å². The van der Waals surface area contributed by atoms with Crippen LogP contribution in [0.1, 0.15) is 34.5 Å². The summed E-state index contributed by atoms with van der Waals surface area (Å²) in [4.78, 5) is 16.1. The number of methoxy groups -OCH3 is 1. The predicted octanol–water partition coefficient (Wildman–Crippen LogP) is 2.93. The summed E-state index contributed by atoms with van der Waals surface area (Å²) in [5.41, 5.74) is 3.81. The lowest BCUT2D eigenvalue weighted by Crippen LogP contribution is -2.09. The average molecular weight is 241 g/mol. The lowest BCUT2D eigenvalue weighted by Gasteiger charge is -2.18. The van der Waals surface area contributed by atoms with Gasteiger partial charge in [-0.1, -0.05) is 12.1 Å². The van der Waals surface area contributed by atoms with Crippen molar-refractivity contribution in [1.29, 1.82) is 0 Å². The number of nitrogens with zero attached hydrogens (tertiary/aromatic N) is 1. The summed E-state index contributed by atoms with van der Waals surface area (Å²) in [6.45, 7) is 0. The van der Waals surface area contributed by atoms with E-state index in [9.17, 15) is 4.79 Å². The number of fused-ring (bicyclic) bond motifs is 2. The van der Waals surface area contributed by atoms with E-state index in [0.717, 1.165) is 65.4 Å². The summed E-state index contributed by atoms with van der Waals surface area (Å²) in [7, 11) is 1.64. The molecule has 18 heavy (non-hydrogen) atoms. The molecule has 0 atom stereocenters. The van der Waals surface area contributed by atoms with Gasteiger partial charge in [0.15, 0.2) is 6.29 Å². The number of carbonyl (C=O) groups is 1. The van der Waals surface area contributed by atoms with Gasteiger partial charge in [-0.15, -0.1) is 0 Å². The molecule has 1 heterocycles. The highest BCUT2D eigenvalue weighted by atomic mass is 16.5. The predicted molar refractivity (Wildman–Crippen MR) is 70.3 cm³/mol. The Kier molecular flexibility index (Phi) is 2.74.